The van der Waals surface area contributed by atoms with Crippen molar-refractivity contribution in [2.45, 2.75) is 38.8 Å². The van der Waals surface area contributed by atoms with Gasteiger partial charge in [-0.05, 0) is 19.3 Å². The molecule has 2 aliphatic rings. The van der Waals surface area contributed by atoms with Crippen LogP contribution >= 0.6 is 0 Å². The number of carbonyl (C=O) groups is 2. The van der Waals surface area contributed by atoms with Crippen LogP contribution in [-0.2, 0) is 14.3 Å². The van der Waals surface area contributed by atoms with E-state index in [1.54, 1.807) is 4.90 Å². The Morgan fingerprint density at radius 3 is 2.70 bits per heavy atom. The van der Waals surface area contributed by atoms with Gasteiger partial charge in [0.2, 0.25) is 11.8 Å². The molecule has 0 aromatic heterocycles. The van der Waals surface area contributed by atoms with Crippen molar-refractivity contribution in [2.24, 2.45) is 11.8 Å². The van der Waals surface area contributed by atoms with E-state index in [1.807, 2.05) is 6.92 Å². The first-order valence-electron chi connectivity index (χ1n) is 7.32. The van der Waals surface area contributed by atoms with Crippen LogP contribution in [0, 0.1) is 11.8 Å². The number of carbonyl (C=O) groups excluding carboxylic acids is 2. The lowest BCUT2D eigenvalue weighted by Crippen LogP contribution is -2.52. The van der Waals surface area contributed by atoms with E-state index in [4.69, 9.17) is 9.84 Å². The van der Waals surface area contributed by atoms with E-state index in [1.165, 1.54) is 0 Å². The van der Waals surface area contributed by atoms with E-state index in [-0.39, 0.29) is 36.5 Å². The third-order valence-corrected chi connectivity index (χ3v) is 4.11. The Labute approximate surface area is 119 Å². The number of morpholine rings is 1. The van der Waals surface area contributed by atoms with E-state index in [9.17, 15) is 9.59 Å². The molecule has 1 saturated heterocycles. The molecule has 1 heterocycles. The third-order valence-electron chi connectivity index (χ3n) is 4.11. The minimum Gasteiger partial charge on any atom is -0.394 e. The van der Waals surface area contributed by atoms with Crippen molar-refractivity contribution in [1.29, 1.82) is 0 Å². The van der Waals surface area contributed by atoms with Crippen molar-refractivity contribution in [2.75, 3.05) is 26.3 Å². The number of hydrogen-bond acceptors (Lipinski definition) is 4. The van der Waals surface area contributed by atoms with Crippen LogP contribution in [-0.4, -0.2) is 60.3 Å². The Morgan fingerprint density at radius 2 is 2.10 bits per heavy atom. The van der Waals surface area contributed by atoms with Crippen molar-refractivity contribution < 1.29 is 19.4 Å². The highest BCUT2D eigenvalue weighted by atomic mass is 16.5. The van der Waals surface area contributed by atoms with Crippen LogP contribution in [0.5, 0.6) is 0 Å². The quantitative estimate of drug-likeness (QED) is 0.730. The van der Waals surface area contributed by atoms with Crippen molar-refractivity contribution >= 4 is 11.8 Å². The van der Waals surface area contributed by atoms with Gasteiger partial charge >= 0.3 is 0 Å². The summed E-state index contributed by atoms with van der Waals surface area (Å²) in [6.45, 7) is 5.16. The maximum atomic E-state index is 12.1. The van der Waals surface area contributed by atoms with E-state index in [0.717, 1.165) is 6.42 Å². The van der Waals surface area contributed by atoms with Gasteiger partial charge in [-0.1, -0.05) is 6.92 Å². The Bertz CT molecular complexity index is 374. The normalized spacial score (nSPS) is 32.9. The van der Waals surface area contributed by atoms with E-state index in [0.29, 0.717) is 32.0 Å². The zero-order valence-corrected chi connectivity index (χ0v) is 12.2. The first-order valence-corrected chi connectivity index (χ1v) is 7.32. The smallest absolute Gasteiger partial charge is 0.224 e. The number of nitrogens with zero attached hydrogens (tertiary/aromatic N) is 1. The fraction of sp³-hybridized carbons (Fsp3) is 0.857. The van der Waals surface area contributed by atoms with Crippen molar-refractivity contribution in [3.05, 3.63) is 0 Å². The molecule has 1 aliphatic carbocycles. The molecular weight excluding hydrogens is 260 g/mol. The van der Waals surface area contributed by atoms with Gasteiger partial charge in [0.15, 0.2) is 0 Å². The Balaban J connectivity index is 1.71. The molecular formula is C14H24N2O4. The highest BCUT2D eigenvalue weighted by Gasteiger charge is 2.38. The van der Waals surface area contributed by atoms with Gasteiger partial charge in [0, 0.05) is 25.4 Å². The third kappa shape index (κ3) is 3.70. The number of rotatable bonds is 5. The van der Waals surface area contributed by atoms with Gasteiger partial charge in [-0.3, -0.25) is 9.59 Å². The van der Waals surface area contributed by atoms with Crippen LogP contribution in [0.3, 0.4) is 0 Å². The number of ether oxygens (including phenoxy) is 1. The average Bonchev–Trinajstić information content (AvgIpc) is 3.16. The second kappa shape index (κ2) is 6.54. The standard InChI is InChI=1S/C14H24N2O4/c1-9-5-12(9)14(19)15-4-3-13(18)16-6-11(7-17)20-8-10(16)2/h9-12,17H,3-8H2,1-2H3,(H,15,19). The maximum Gasteiger partial charge on any atom is 0.224 e. The van der Waals surface area contributed by atoms with Crippen LogP contribution < -0.4 is 5.32 Å². The molecule has 6 heteroatoms. The summed E-state index contributed by atoms with van der Waals surface area (Å²) in [6.07, 6.45) is 0.963. The summed E-state index contributed by atoms with van der Waals surface area (Å²) in [6, 6.07) is 0.0180. The molecule has 4 atom stereocenters. The maximum absolute atomic E-state index is 12.1. The van der Waals surface area contributed by atoms with E-state index < -0.39 is 0 Å². The van der Waals surface area contributed by atoms with Crippen LogP contribution in [0.1, 0.15) is 26.7 Å². The molecule has 2 fully saturated rings. The van der Waals surface area contributed by atoms with Crippen molar-refractivity contribution in [3.8, 4) is 0 Å². The lowest BCUT2D eigenvalue weighted by molar-refractivity contribution is -0.146. The Morgan fingerprint density at radius 1 is 1.40 bits per heavy atom. The van der Waals surface area contributed by atoms with Crippen LogP contribution in [0.4, 0.5) is 0 Å². The highest BCUT2D eigenvalue weighted by molar-refractivity contribution is 5.82. The monoisotopic (exact) mass is 284 g/mol. The molecule has 1 aliphatic heterocycles. The summed E-state index contributed by atoms with van der Waals surface area (Å²) in [5.74, 6) is 0.693. The molecule has 20 heavy (non-hydrogen) atoms. The number of aliphatic hydroxyl groups excluding tert-OH is 1. The molecule has 6 nitrogen and oxygen atoms in total. The molecule has 0 bridgehead atoms. The fourth-order valence-electron chi connectivity index (χ4n) is 2.53. The van der Waals surface area contributed by atoms with E-state index >= 15 is 0 Å². The van der Waals surface area contributed by atoms with Gasteiger partial charge in [-0.2, -0.15) is 0 Å². The topological polar surface area (TPSA) is 78.9 Å². The second-order valence-corrected chi connectivity index (χ2v) is 5.89. The number of hydrogen-bond donors (Lipinski definition) is 2. The molecule has 0 spiro atoms. The second-order valence-electron chi connectivity index (χ2n) is 5.89. The average molecular weight is 284 g/mol. The molecule has 2 N–H and O–H groups in total. The van der Waals surface area contributed by atoms with Crippen LogP contribution in [0.25, 0.3) is 0 Å². The molecule has 2 amide bonds. The number of amides is 2. The zero-order valence-electron chi connectivity index (χ0n) is 12.2. The zero-order chi connectivity index (χ0) is 14.7. The lowest BCUT2D eigenvalue weighted by atomic mass is 10.2. The minimum absolute atomic E-state index is 0.00314. The number of aliphatic hydroxyl groups is 1. The fourth-order valence-corrected chi connectivity index (χ4v) is 2.53. The highest BCUT2D eigenvalue weighted by Crippen LogP contribution is 2.37. The van der Waals surface area contributed by atoms with Gasteiger partial charge in [0.05, 0.1) is 25.4 Å². The SMILES string of the molecule is CC1CC1C(=O)NCCC(=O)N1CC(CO)OCC1C. The van der Waals surface area contributed by atoms with Crippen LogP contribution in [0.2, 0.25) is 0 Å². The lowest BCUT2D eigenvalue weighted by Gasteiger charge is -2.37. The summed E-state index contributed by atoms with van der Waals surface area (Å²) in [4.78, 5) is 25.5. The first-order chi connectivity index (χ1) is 9.52. The molecule has 0 radical (unpaired) electrons. The summed E-state index contributed by atoms with van der Waals surface area (Å²) < 4.78 is 5.40. The number of nitrogens with one attached hydrogen (secondary N) is 1. The molecule has 4 unspecified atom stereocenters. The largest absolute Gasteiger partial charge is 0.394 e. The first kappa shape index (κ1) is 15.3. The van der Waals surface area contributed by atoms with Gasteiger partial charge in [0.25, 0.3) is 0 Å². The van der Waals surface area contributed by atoms with Crippen molar-refractivity contribution in [1.82, 2.24) is 10.2 Å². The molecule has 0 aromatic rings. The molecule has 2 rings (SSSR count). The Hall–Kier alpha value is -1.14. The molecule has 114 valence electrons. The Kier molecular flexibility index (Phi) is 4.99. The van der Waals surface area contributed by atoms with Gasteiger partial charge < -0.3 is 20.1 Å². The summed E-state index contributed by atoms with van der Waals surface area (Å²) >= 11 is 0. The minimum atomic E-state index is -0.294. The summed E-state index contributed by atoms with van der Waals surface area (Å²) in [5, 5.41) is 11.9. The molecule has 0 aromatic carbocycles. The van der Waals surface area contributed by atoms with Gasteiger partial charge in [-0.15, -0.1) is 0 Å². The summed E-state index contributed by atoms with van der Waals surface area (Å²) in [5.41, 5.74) is 0. The van der Waals surface area contributed by atoms with Gasteiger partial charge in [0.1, 0.15) is 0 Å². The summed E-state index contributed by atoms with van der Waals surface area (Å²) in [7, 11) is 0. The van der Waals surface area contributed by atoms with Gasteiger partial charge in [-0.25, -0.2) is 0 Å². The van der Waals surface area contributed by atoms with Crippen molar-refractivity contribution in [3.63, 3.8) is 0 Å². The van der Waals surface area contributed by atoms with E-state index in [2.05, 4.69) is 12.2 Å². The predicted octanol–water partition coefficient (Wildman–Crippen LogP) is -0.243. The van der Waals surface area contributed by atoms with Crippen LogP contribution in [0.15, 0.2) is 0 Å². The predicted molar refractivity (Wildman–Crippen MR) is 72.9 cm³/mol. The molecule has 1 saturated carbocycles.